The molecule has 10 heteroatoms. The van der Waals surface area contributed by atoms with Gasteiger partial charge in [0.15, 0.2) is 5.65 Å². The monoisotopic (exact) mass is 409 g/mol. The number of benzene rings is 1. The maximum Gasteiger partial charge on any atom is 0.335 e. The summed E-state index contributed by atoms with van der Waals surface area (Å²) in [7, 11) is 0. The van der Waals surface area contributed by atoms with E-state index in [1.807, 2.05) is 0 Å². The van der Waals surface area contributed by atoms with Crippen LogP contribution in [0.15, 0.2) is 69.2 Å². The zero-order chi connectivity index (χ0) is 21.1. The number of rotatable bonds is 6. The number of aromatic nitrogens is 4. The third-order valence-electron chi connectivity index (χ3n) is 4.46. The van der Waals surface area contributed by atoms with E-state index < -0.39 is 11.5 Å². The minimum Gasteiger partial charge on any atom is -0.430 e. The van der Waals surface area contributed by atoms with Gasteiger partial charge in [-0.15, -0.1) is 0 Å². The molecule has 3 heterocycles. The molecule has 0 spiro atoms. The Morgan fingerprint density at radius 3 is 2.67 bits per heavy atom. The molecular formula is C20H16FN5O4. The first-order chi connectivity index (χ1) is 14.5. The van der Waals surface area contributed by atoms with Gasteiger partial charge < -0.3 is 9.73 Å². The molecule has 0 unspecified atom stereocenters. The number of carbonyl (C=O) groups is 1. The van der Waals surface area contributed by atoms with Gasteiger partial charge in [-0.05, 0) is 23.8 Å². The van der Waals surface area contributed by atoms with E-state index >= 15 is 0 Å². The van der Waals surface area contributed by atoms with Crippen LogP contribution in [0.5, 0.6) is 0 Å². The Morgan fingerprint density at radius 2 is 1.93 bits per heavy atom. The first-order valence-corrected chi connectivity index (χ1v) is 9.04. The predicted octanol–water partition coefficient (Wildman–Crippen LogP) is 1.16. The van der Waals surface area contributed by atoms with Crippen molar-refractivity contribution in [1.29, 1.82) is 0 Å². The highest BCUT2D eigenvalue weighted by molar-refractivity contribution is 5.93. The van der Waals surface area contributed by atoms with Crippen LogP contribution in [0.4, 0.5) is 4.39 Å². The molecule has 9 nitrogen and oxygen atoms in total. The summed E-state index contributed by atoms with van der Waals surface area (Å²) in [5.74, 6) is -0.741. The van der Waals surface area contributed by atoms with E-state index in [0.717, 1.165) is 17.9 Å². The minimum absolute atomic E-state index is 0.224. The highest BCUT2D eigenvalue weighted by atomic mass is 19.1. The molecule has 0 fully saturated rings. The van der Waals surface area contributed by atoms with Crippen molar-refractivity contribution in [2.45, 2.75) is 13.1 Å². The number of hydrogen-bond donors (Lipinski definition) is 1. The van der Waals surface area contributed by atoms with Gasteiger partial charge in [-0.25, -0.2) is 18.9 Å². The standard InChI is InChI=1S/C20H16FN5O4/c21-15-4-1-13(2-5-15)10-25-12-23-18-16(20(25)29)9-24-26(18)8-7-22-19(28)14-3-6-17(27)30-11-14/h1-6,9,11-12H,7-8,10H2,(H,22,28). The smallest absolute Gasteiger partial charge is 0.335 e. The number of nitrogens with zero attached hydrogens (tertiary/aromatic N) is 4. The van der Waals surface area contributed by atoms with Crippen molar-refractivity contribution in [3.63, 3.8) is 0 Å². The number of carbonyl (C=O) groups excluding carboxylic acids is 1. The maximum absolute atomic E-state index is 13.0. The Hall–Kier alpha value is -4.08. The summed E-state index contributed by atoms with van der Waals surface area (Å²) in [6.07, 6.45) is 3.93. The van der Waals surface area contributed by atoms with Crippen molar-refractivity contribution >= 4 is 16.9 Å². The van der Waals surface area contributed by atoms with Crippen molar-refractivity contribution in [2.24, 2.45) is 0 Å². The second-order valence-corrected chi connectivity index (χ2v) is 6.51. The van der Waals surface area contributed by atoms with Crippen LogP contribution in [-0.4, -0.2) is 31.8 Å². The lowest BCUT2D eigenvalue weighted by Crippen LogP contribution is -2.28. The first kappa shape index (κ1) is 19.2. The van der Waals surface area contributed by atoms with E-state index in [9.17, 15) is 18.8 Å². The van der Waals surface area contributed by atoms with Gasteiger partial charge in [0.25, 0.3) is 11.5 Å². The summed E-state index contributed by atoms with van der Waals surface area (Å²) in [5, 5.41) is 7.20. The number of nitrogens with one attached hydrogen (secondary N) is 1. The van der Waals surface area contributed by atoms with Gasteiger partial charge in [-0.1, -0.05) is 12.1 Å². The van der Waals surface area contributed by atoms with Gasteiger partial charge in [-0.3, -0.25) is 14.2 Å². The number of amides is 1. The summed E-state index contributed by atoms with van der Waals surface area (Å²) >= 11 is 0. The zero-order valence-corrected chi connectivity index (χ0v) is 15.6. The lowest BCUT2D eigenvalue weighted by atomic mass is 10.2. The number of fused-ring (bicyclic) bond motifs is 1. The van der Waals surface area contributed by atoms with E-state index in [2.05, 4.69) is 19.8 Å². The van der Waals surface area contributed by atoms with Crippen LogP contribution in [0, 0.1) is 5.82 Å². The van der Waals surface area contributed by atoms with Gasteiger partial charge >= 0.3 is 5.63 Å². The largest absolute Gasteiger partial charge is 0.430 e. The van der Waals surface area contributed by atoms with Crippen LogP contribution in [0.3, 0.4) is 0 Å². The number of halogens is 1. The average Bonchev–Trinajstić information content (AvgIpc) is 3.16. The van der Waals surface area contributed by atoms with Crippen molar-refractivity contribution in [2.75, 3.05) is 6.54 Å². The maximum atomic E-state index is 13.0. The second-order valence-electron chi connectivity index (χ2n) is 6.51. The molecule has 152 valence electrons. The molecule has 0 saturated heterocycles. The van der Waals surface area contributed by atoms with Gasteiger partial charge in [0.1, 0.15) is 23.8 Å². The van der Waals surface area contributed by atoms with Gasteiger partial charge in [0.2, 0.25) is 0 Å². The molecule has 0 atom stereocenters. The molecule has 1 aromatic carbocycles. The van der Waals surface area contributed by atoms with Gasteiger partial charge in [-0.2, -0.15) is 5.10 Å². The molecule has 0 bridgehead atoms. The lowest BCUT2D eigenvalue weighted by molar-refractivity contribution is 0.0949. The Morgan fingerprint density at radius 1 is 1.13 bits per heavy atom. The van der Waals surface area contributed by atoms with Crippen LogP contribution < -0.4 is 16.5 Å². The predicted molar refractivity (Wildman–Crippen MR) is 105 cm³/mol. The van der Waals surface area contributed by atoms with Crippen molar-refractivity contribution in [3.05, 3.63) is 92.9 Å². The van der Waals surface area contributed by atoms with E-state index in [-0.39, 0.29) is 30.0 Å². The summed E-state index contributed by atoms with van der Waals surface area (Å²) in [4.78, 5) is 40.0. The quantitative estimate of drug-likeness (QED) is 0.512. The molecule has 0 radical (unpaired) electrons. The number of hydrogen-bond acceptors (Lipinski definition) is 6. The molecule has 1 N–H and O–H groups in total. The summed E-state index contributed by atoms with van der Waals surface area (Å²) in [6, 6.07) is 8.42. The molecule has 0 aliphatic heterocycles. The summed E-state index contributed by atoms with van der Waals surface area (Å²) < 4.78 is 20.6. The first-order valence-electron chi connectivity index (χ1n) is 9.04. The molecule has 0 aliphatic rings. The van der Waals surface area contributed by atoms with Crippen molar-refractivity contribution in [3.8, 4) is 0 Å². The fourth-order valence-electron chi connectivity index (χ4n) is 2.92. The van der Waals surface area contributed by atoms with Gasteiger partial charge in [0, 0.05) is 12.6 Å². The fraction of sp³-hybridized carbons (Fsp3) is 0.150. The van der Waals surface area contributed by atoms with E-state index in [1.165, 1.54) is 40.0 Å². The Balaban J connectivity index is 1.45. The summed E-state index contributed by atoms with van der Waals surface area (Å²) in [6.45, 7) is 0.784. The minimum atomic E-state index is -0.536. The Kier molecular flexibility index (Phi) is 5.21. The van der Waals surface area contributed by atoms with Crippen molar-refractivity contribution in [1.82, 2.24) is 24.6 Å². The Labute approximate surface area is 168 Å². The van der Waals surface area contributed by atoms with E-state index in [4.69, 9.17) is 0 Å². The second kappa shape index (κ2) is 8.11. The van der Waals surface area contributed by atoms with Crippen LogP contribution in [0.1, 0.15) is 15.9 Å². The molecule has 30 heavy (non-hydrogen) atoms. The zero-order valence-electron chi connectivity index (χ0n) is 15.6. The molecule has 4 aromatic rings. The SMILES string of the molecule is O=C(NCCn1ncc2c(=O)n(Cc3ccc(F)cc3)cnc21)c1ccc(=O)oc1. The third-order valence-corrected chi connectivity index (χ3v) is 4.46. The molecular weight excluding hydrogens is 393 g/mol. The van der Waals surface area contributed by atoms with Crippen LogP contribution in [-0.2, 0) is 13.1 Å². The molecule has 1 amide bonds. The van der Waals surface area contributed by atoms with Gasteiger partial charge in [0.05, 0.1) is 24.8 Å². The lowest BCUT2D eigenvalue weighted by Gasteiger charge is -2.07. The highest BCUT2D eigenvalue weighted by Gasteiger charge is 2.11. The van der Waals surface area contributed by atoms with Crippen molar-refractivity contribution < 1.29 is 13.6 Å². The highest BCUT2D eigenvalue weighted by Crippen LogP contribution is 2.08. The Bertz CT molecular complexity index is 1300. The van der Waals surface area contributed by atoms with E-state index in [1.54, 1.807) is 12.1 Å². The van der Waals surface area contributed by atoms with E-state index in [0.29, 0.717) is 17.6 Å². The molecule has 0 aliphatic carbocycles. The molecule has 4 rings (SSSR count). The third kappa shape index (κ3) is 4.02. The van der Waals surface area contributed by atoms with Crippen LogP contribution >= 0.6 is 0 Å². The average molecular weight is 409 g/mol. The van der Waals surface area contributed by atoms with Crippen LogP contribution in [0.2, 0.25) is 0 Å². The molecule has 0 saturated carbocycles. The van der Waals surface area contributed by atoms with Crippen LogP contribution in [0.25, 0.3) is 11.0 Å². The fourth-order valence-corrected chi connectivity index (χ4v) is 2.92. The summed E-state index contributed by atoms with van der Waals surface area (Å²) in [5.41, 5.74) is 0.591. The molecule has 3 aromatic heterocycles. The topological polar surface area (TPSA) is 112 Å². The normalized spacial score (nSPS) is 11.0.